The number of fused-ring (bicyclic) bond motifs is 1. The number of hydrogen-bond acceptors (Lipinski definition) is 8. The van der Waals surface area contributed by atoms with Gasteiger partial charge in [0.25, 0.3) is 20.0 Å². The first-order chi connectivity index (χ1) is 16.0. The lowest BCUT2D eigenvalue weighted by atomic mass is 10.2. The molecule has 180 valence electrons. The summed E-state index contributed by atoms with van der Waals surface area (Å²) >= 11 is 11.9. The van der Waals surface area contributed by atoms with Gasteiger partial charge in [0.2, 0.25) is 0 Å². The lowest BCUT2D eigenvalue weighted by Crippen LogP contribution is -2.36. The number of hydrogen-bond donors (Lipinski definition) is 1. The molecule has 3 aromatic rings. The highest BCUT2D eigenvalue weighted by Crippen LogP contribution is 2.37. The second-order valence-electron chi connectivity index (χ2n) is 6.89. The number of carboxylic acids is 1. The summed E-state index contributed by atoms with van der Waals surface area (Å²) in [7, 11) is -9.71. The molecule has 0 unspecified atom stereocenters. The molecule has 0 saturated carbocycles. The van der Waals surface area contributed by atoms with Crippen molar-refractivity contribution in [3.63, 3.8) is 0 Å². The van der Waals surface area contributed by atoms with Crippen LogP contribution in [0.3, 0.4) is 0 Å². The zero-order valence-electron chi connectivity index (χ0n) is 17.0. The van der Waals surface area contributed by atoms with Crippen LogP contribution in [0.15, 0.2) is 62.9 Å². The molecule has 0 amide bonds. The minimum Gasteiger partial charge on any atom is -0.486 e. The fraction of sp³-hybridized carbons (Fsp3) is 0.150. The first kappa shape index (κ1) is 24.4. The van der Waals surface area contributed by atoms with Crippen LogP contribution in [0.5, 0.6) is 11.5 Å². The van der Waals surface area contributed by atoms with Gasteiger partial charge < -0.3 is 19.0 Å². The van der Waals surface area contributed by atoms with Crippen LogP contribution in [0.25, 0.3) is 0 Å². The van der Waals surface area contributed by atoms with Crippen molar-refractivity contribution >= 4 is 49.2 Å². The fourth-order valence-electron chi connectivity index (χ4n) is 3.13. The summed E-state index contributed by atoms with van der Waals surface area (Å²) in [6.07, 6.45) is 1.24. The van der Waals surface area contributed by atoms with Crippen LogP contribution in [0, 0.1) is 0 Å². The van der Waals surface area contributed by atoms with E-state index in [1.807, 2.05) is 0 Å². The summed E-state index contributed by atoms with van der Waals surface area (Å²) in [6.45, 7) is -0.268. The van der Waals surface area contributed by atoms with Gasteiger partial charge >= 0.3 is 5.97 Å². The molecule has 34 heavy (non-hydrogen) atoms. The minimum absolute atomic E-state index is 0.00763. The Labute approximate surface area is 204 Å². The van der Waals surface area contributed by atoms with E-state index in [1.165, 1.54) is 30.5 Å². The molecule has 1 aromatic heterocycles. The van der Waals surface area contributed by atoms with Gasteiger partial charge in [-0.1, -0.05) is 26.9 Å². The van der Waals surface area contributed by atoms with E-state index < -0.39 is 52.9 Å². The molecule has 1 N–H and O–H groups in total. The molecule has 0 radical (unpaired) electrons. The second kappa shape index (κ2) is 9.12. The number of aromatic carboxylic acids is 1. The smallest absolute Gasteiger partial charge is 0.337 e. The van der Waals surface area contributed by atoms with E-state index in [0.29, 0.717) is 11.8 Å². The second-order valence-corrected chi connectivity index (χ2v) is 11.6. The lowest BCUT2D eigenvalue weighted by molar-refractivity contribution is 0.0696. The maximum Gasteiger partial charge on any atom is 0.337 e. The van der Waals surface area contributed by atoms with Gasteiger partial charge in [-0.2, -0.15) is 0 Å². The van der Waals surface area contributed by atoms with E-state index in [0.717, 1.165) is 12.1 Å². The van der Waals surface area contributed by atoms with Crippen LogP contribution in [-0.2, 0) is 26.6 Å². The van der Waals surface area contributed by atoms with Gasteiger partial charge in [0, 0.05) is 6.07 Å². The van der Waals surface area contributed by atoms with Crippen LogP contribution < -0.4 is 9.47 Å². The van der Waals surface area contributed by atoms with Gasteiger partial charge in [-0.25, -0.2) is 21.6 Å². The zero-order valence-corrected chi connectivity index (χ0v) is 20.1. The molecule has 0 bridgehead atoms. The third kappa shape index (κ3) is 4.46. The van der Waals surface area contributed by atoms with Crippen LogP contribution in [0.4, 0.5) is 0 Å². The molecular weight excluding hydrogens is 533 g/mol. The normalized spacial score (nSPS) is 13.7. The minimum atomic E-state index is -4.95. The van der Waals surface area contributed by atoms with E-state index in [2.05, 4.69) is 0 Å². The van der Waals surface area contributed by atoms with Crippen molar-refractivity contribution in [2.24, 2.45) is 0 Å². The number of benzene rings is 2. The van der Waals surface area contributed by atoms with Crippen molar-refractivity contribution in [3.8, 4) is 11.5 Å². The molecule has 0 atom stereocenters. The van der Waals surface area contributed by atoms with Crippen molar-refractivity contribution < 1.29 is 40.6 Å². The summed E-state index contributed by atoms with van der Waals surface area (Å²) in [4.78, 5) is 10.3. The largest absolute Gasteiger partial charge is 0.486 e. The Kier molecular flexibility index (Phi) is 6.53. The number of carbonyl (C=O) groups is 1. The van der Waals surface area contributed by atoms with Crippen molar-refractivity contribution in [1.29, 1.82) is 0 Å². The van der Waals surface area contributed by atoms with Crippen LogP contribution in [0.1, 0.15) is 16.1 Å². The summed E-state index contributed by atoms with van der Waals surface area (Å²) in [5.74, 6) is -1.09. The van der Waals surface area contributed by atoms with Crippen molar-refractivity contribution in [2.45, 2.75) is 16.3 Å². The first-order valence-corrected chi connectivity index (χ1v) is 13.1. The van der Waals surface area contributed by atoms with E-state index in [-0.39, 0.29) is 33.5 Å². The van der Waals surface area contributed by atoms with Crippen LogP contribution in [-0.4, -0.2) is 44.8 Å². The summed E-state index contributed by atoms with van der Waals surface area (Å²) < 4.78 is 70.5. The SMILES string of the molecule is O=C(O)c1cc(S(=O)(=O)N(Cc2ccco2)S(=O)(=O)c2ccc3c(c2)OCCO3)c(Cl)cc1Cl. The van der Waals surface area contributed by atoms with Crippen LogP contribution >= 0.6 is 23.2 Å². The number of ether oxygens (including phenoxy) is 2. The summed E-state index contributed by atoms with van der Waals surface area (Å²) in [5.41, 5.74) is -0.570. The lowest BCUT2D eigenvalue weighted by Gasteiger charge is -2.23. The Hall–Kier alpha value is -2.77. The van der Waals surface area contributed by atoms with Crippen LogP contribution in [0.2, 0.25) is 10.0 Å². The first-order valence-electron chi connectivity index (χ1n) is 9.44. The molecule has 1 aliphatic rings. The molecule has 0 spiro atoms. The van der Waals surface area contributed by atoms with Crippen molar-refractivity contribution in [2.75, 3.05) is 13.2 Å². The number of halogens is 2. The number of nitrogens with zero attached hydrogens (tertiary/aromatic N) is 1. The zero-order chi connectivity index (χ0) is 24.7. The molecular formula is C20H15Cl2NO9S2. The van der Waals surface area contributed by atoms with Gasteiger partial charge in [-0.05, 0) is 36.4 Å². The van der Waals surface area contributed by atoms with Gasteiger partial charge in [-0.15, -0.1) is 0 Å². The van der Waals surface area contributed by atoms with Gasteiger partial charge in [0.15, 0.2) is 11.5 Å². The molecule has 2 aromatic carbocycles. The van der Waals surface area contributed by atoms with E-state index in [1.54, 1.807) is 0 Å². The Balaban J connectivity index is 1.88. The molecule has 14 heteroatoms. The van der Waals surface area contributed by atoms with E-state index >= 15 is 0 Å². The molecule has 4 rings (SSSR count). The number of rotatable bonds is 7. The summed E-state index contributed by atoms with van der Waals surface area (Å²) in [6, 6.07) is 8.11. The maximum atomic E-state index is 13.6. The average Bonchev–Trinajstić information content (AvgIpc) is 3.30. The third-order valence-electron chi connectivity index (χ3n) is 4.74. The van der Waals surface area contributed by atoms with Gasteiger partial charge in [-0.3, -0.25) is 0 Å². The predicted octanol–water partition coefficient (Wildman–Crippen LogP) is 3.64. The molecule has 10 nitrogen and oxygen atoms in total. The Morgan fingerprint density at radius 3 is 2.29 bits per heavy atom. The molecule has 0 fully saturated rings. The predicted molar refractivity (Wildman–Crippen MR) is 119 cm³/mol. The topological polar surface area (TPSA) is 140 Å². The molecule has 0 saturated heterocycles. The van der Waals surface area contributed by atoms with Crippen molar-refractivity contribution in [3.05, 3.63) is 70.1 Å². The maximum absolute atomic E-state index is 13.6. The molecule has 0 aliphatic carbocycles. The Morgan fingerprint density at radius 2 is 1.65 bits per heavy atom. The highest BCUT2D eigenvalue weighted by molar-refractivity contribution is 8.04. The highest BCUT2D eigenvalue weighted by atomic mass is 35.5. The molecule has 2 heterocycles. The Bertz CT molecular complexity index is 1470. The number of carboxylic acid groups (broad SMARTS) is 1. The molecule has 1 aliphatic heterocycles. The average molecular weight is 548 g/mol. The summed E-state index contributed by atoms with van der Waals surface area (Å²) in [5, 5.41) is 8.57. The van der Waals surface area contributed by atoms with Gasteiger partial charge in [0.05, 0.1) is 33.3 Å². The number of sulfonamides is 2. The standard InChI is InChI=1S/C20H15Cl2NO9S2/c21-15-10-16(22)19(9-14(15)20(24)25)34(28,29)23(11-12-2-1-5-30-12)33(26,27)13-3-4-17-18(8-13)32-7-6-31-17/h1-5,8-10H,6-7,11H2,(H,24,25). The Morgan fingerprint density at radius 1 is 0.941 bits per heavy atom. The van der Waals surface area contributed by atoms with Crippen molar-refractivity contribution in [1.82, 2.24) is 3.71 Å². The fourth-order valence-corrected chi connectivity index (χ4v) is 7.54. The van der Waals surface area contributed by atoms with Gasteiger partial charge in [0.1, 0.15) is 23.9 Å². The monoisotopic (exact) mass is 547 g/mol. The van der Waals surface area contributed by atoms with E-state index in [9.17, 15) is 26.7 Å². The quantitative estimate of drug-likeness (QED) is 0.469. The third-order valence-corrected chi connectivity index (χ3v) is 9.73. The van der Waals surface area contributed by atoms with E-state index in [4.69, 9.17) is 37.1 Å². The highest BCUT2D eigenvalue weighted by Gasteiger charge is 2.40. The number of furan rings is 1.